The summed E-state index contributed by atoms with van der Waals surface area (Å²) >= 11 is 6.32. The Balaban J connectivity index is 1.96. The van der Waals surface area contributed by atoms with Crippen LogP contribution in [0.4, 0.5) is 5.69 Å². The first-order valence-corrected chi connectivity index (χ1v) is 10.0. The largest absolute Gasteiger partial charge is 0.455 e. The zero-order valence-electron chi connectivity index (χ0n) is 16.6. The summed E-state index contributed by atoms with van der Waals surface area (Å²) < 4.78 is 6.42. The predicted octanol–water partition coefficient (Wildman–Crippen LogP) is 6.94. The van der Waals surface area contributed by atoms with E-state index in [1.54, 1.807) is 12.1 Å². The Kier molecular flexibility index (Phi) is 3.87. The van der Waals surface area contributed by atoms with Gasteiger partial charge >= 0.3 is 0 Å². The summed E-state index contributed by atoms with van der Waals surface area (Å²) in [4.78, 5) is 0. The summed E-state index contributed by atoms with van der Waals surface area (Å²) in [6.45, 7) is 6.44. The van der Waals surface area contributed by atoms with Crippen molar-refractivity contribution in [3.8, 4) is 22.5 Å². The Labute approximate surface area is 174 Å². The Morgan fingerprint density at radius 3 is 2.62 bits per heavy atom. The molecule has 29 heavy (non-hydrogen) atoms. The van der Waals surface area contributed by atoms with E-state index in [0.717, 1.165) is 38.9 Å². The zero-order valence-corrected chi connectivity index (χ0v) is 17.3. The minimum atomic E-state index is -0.119. The highest BCUT2D eigenvalue weighted by Gasteiger charge is 2.27. The van der Waals surface area contributed by atoms with Gasteiger partial charge < -0.3 is 15.1 Å². The summed E-state index contributed by atoms with van der Waals surface area (Å²) in [6, 6.07) is 17.7. The Morgan fingerprint density at radius 2 is 1.83 bits per heavy atom. The number of hydrogen-bond donors (Lipinski definition) is 2. The molecule has 5 rings (SSSR count). The minimum absolute atomic E-state index is 0.119. The molecule has 0 unspecified atom stereocenters. The minimum Gasteiger partial charge on any atom is -0.455 e. The molecule has 4 heteroatoms. The van der Waals surface area contributed by atoms with E-state index < -0.39 is 0 Å². The lowest BCUT2D eigenvalue weighted by molar-refractivity contribution is 0.616. The van der Waals surface area contributed by atoms with Gasteiger partial charge in [-0.25, -0.2) is 0 Å². The molecule has 3 aliphatic rings. The lowest BCUT2D eigenvalue weighted by Gasteiger charge is -2.32. The Morgan fingerprint density at radius 1 is 1.00 bits per heavy atom. The van der Waals surface area contributed by atoms with Gasteiger partial charge in [-0.1, -0.05) is 29.8 Å². The van der Waals surface area contributed by atoms with Crippen molar-refractivity contribution in [3.05, 3.63) is 76.6 Å². The number of fused-ring (bicyclic) bond motifs is 4. The smallest absolute Gasteiger partial charge is 0.144 e. The third-order valence-corrected chi connectivity index (χ3v) is 5.67. The maximum atomic E-state index is 8.07. The number of anilines is 1. The molecule has 2 N–H and O–H groups in total. The number of halogens is 1. The number of allylic oxidation sites excluding steroid dienone is 1. The van der Waals surface area contributed by atoms with Crippen LogP contribution in [0.15, 0.2) is 65.1 Å². The van der Waals surface area contributed by atoms with Crippen LogP contribution in [-0.2, 0) is 0 Å². The molecule has 0 fully saturated rings. The van der Waals surface area contributed by atoms with Gasteiger partial charge in [0, 0.05) is 38.9 Å². The standard InChI is InChI=1S/C25H21ClN2O/c1-14-13-25(2,3)28-20-10-9-19-23(15-5-4-6-16(26)11-15)18-8-7-17(27)12-21(18)29-24(19)22(14)20/h4-13,27-28H,1-3H3. The molecule has 0 atom stereocenters. The van der Waals surface area contributed by atoms with E-state index in [4.69, 9.17) is 21.4 Å². The molecule has 0 amide bonds. The summed E-state index contributed by atoms with van der Waals surface area (Å²) in [5.74, 6) is 0.700. The van der Waals surface area contributed by atoms with Gasteiger partial charge in [0.05, 0.1) is 10.9 Å². The van der Waals surface area contributed by atoms with Crippen LogP contribution in [0, 0.1) is 5.41 Å². The molecule has 0 saturated carbocycles. The second-order valence-electron chi connectivity index (χ2n) is 8.24. The SMILES string of the molecule is CC1=CC(C)(C)Nc2ccc3c(-c4cccc(Cl)c4)c4ccc(=N)cc-4oc3c21. The third kappa shape index (κ3) is 2.93. The van der Waals surface area contributed by atoms with Crippen molar-refractivity contribution in [3.63, 3.8) is 0 Å². The predicted molar refractivity (Wildman–Crippen MR) is 120 cm³/mol. The normalized spacial score (nSPS) is 15.1. The Bertz CT molecular complexity index is 1350. The lowest BCUT2D eigenvalue weighted by Crippen LogP contribution is -2.31. The molecule has 0 aromatic heterocycles. The molecular formula is C25H21ClN2O. The van der Waals surface area contributed by atoms with Crippen molar-refractivity contribution in [1.82, 2.24) is 0 Å². The maximum Gasteiger partial charge on any atom is 0.144 e. The third-order valence-electron chi connectivity index (χ3n) is 5.43. The second kappa shape index (κ2) is 6.23. The number of benzene rings is 3. The summed E-state index contributed by atoms with van der Waals surface area (Å²) in [5, 5.41) is 13.8. The van der Waals surface area contributed by atoms with E-state index in [2.05, 4.69) is 50.4 Å². The molecule has 2 aromatic rings. The Hall–Kier alpha value is -3.04. The number of rotatable bonds is 1. The highest BCUT2D eigenvalue weighted by atomic mass is 35.5. The molecule has 144 valence electrons. The highest BCUT2D eigenvalue weighted by molar-refractivity contribution is 6.31. The van der Waals surface area contributed by atoms with Crippen LogP contribution in [0.5, 0.6) is 0 Å². The van der Waals surface area contributed by atoms with Crippen LogP contribution < -0.4 is 10.7 Å². The van der Waals surface area contributed by atoms with Gasteiger partial charge in [-0.2, -0.15) is 0 Å². The quantitative estimate of drug-likeness (QED) is 0.340. The van der Waals surface area contributed by atoms with Crippen molar-refractivity contribution in [1.29, 1.82) is 5.41 Å². The van der Waals surface area contributed by atoms with Crippen molar-refractivity contribution < 1.29 is 4.42 Å². The average molecular weight is 401 g/mol. The first-order valence-electron chi connectivity index (χ1n) is 9.64. The molecule has 2 aliphatic heterocycles. The summed E-state index contributed by atoms with van der Waals surface area (Å²) in [5.41, 5.74) is 7.10. The number of nitrogens with one attached hydrogen (secondary N) is 2. The highest BCUT2D eigenvalue weighted by Crippen LogP contribution is 2.45. The van der Waals surface area contributed by atoms with Gasteiger partial charge in [-0.15, -0.1) is 0 Å². The lowest BCUT2D eigenvalue weighted by atomic mass is 9.87. The van der Waals surface area contributed by atoms with E-state index in [9.17, 15) is 0 Å². The topological polar surface area (TPSA) is 49.0 Å². The summed E-state index contributed by atoms with van der Waals surface area (Å²) in [7, 11) is 0. The van der Waals surface area contributed by atoms with Crippen LogP contribution in [-0.4, -0.2) is 5.54 Å². The van der Waals surface area contributed by atoms with Crippen molar-refractivity contribution in [2.24, 2.45) is 0 Å². The van der Waals surface area contributed by atoms with E-state index in [0.29, 0.717) is 16.1 Å². The van der Waals surface area contributed by atoms with Crippen molar-refractivity contribution in [2.45, 2.75) is 26.3 Å². The van der Waals surface area contributed by atoms with Gasteiger partial charge in [0.1, 0.15) is 11.3 Å². The first kappa shape index (κ1) is 18.0. The fraction of sp³-hybridized carbons (Fsp3) is 0.160. The monoisotopic (exact) mass is 400 g/mol. The van der Waals surface area contributed by atoms with E-state index in [-0.39, 0.29) is 5.54 Å². The molecule has 2 heterocycles. The molecule has 0 spiro atoms. The molecular weight excluding hydrogens is 380 g/mol. The molecule has 1 aliphatic carbocycles. The van der Waals surface area contributed by atoms with Gasteiger partial charge in [0.25, 0.3) is 0 Å². The molecule has 0 radical (unpaired) electrons. The molecule has 0 bridgehead atoms. The number of hydrogen-bond acceptors (Lipinski definition) is 3. The van der Waals surface area contributed by atoms with Crippen molar-refractivity contribution >= 4 is 33.8 Å². The van der Waals surface area contributed by atoms with Crippen LogP contribution in [0.3, 0.4) is 0 Å². The van der Waals surface area contributed by atoms with Gasteiger partial charge in [-0.05, 0) is 68.3 Å². The van der Waals surface area contributed by atoms with Gasteiger partial charge in [0.15, 0.2) is 0 Å². The fourth-order valence-corrected chi connectivity index (χ4v) is 4.59. The summed E-state index contributed by atoms with van der Waals surface area (Å²) in [6.07, 6.45) is 2.23. The molecule has 2 aromatic carbocycles. The first-order chi connectivity index (χ1) is 13.8. The maximum absolute atomic E-state index is 8.07. The van der Waals surface area contributed by atoms with Gasteiger partial charge in [0.2, 0.25) is 0 Å². The van der Waals surface area contributed by atoms with E-state index in [1.165, 1.54) is 5.57 Å². The van der Waals surface area contributed by atoms with Gasteiger partial charge in [-0.3, -0.25) is 0 Å². The molecule has 0 saturated heterocycles. The van der Waals surface area contributed by atoms with E-state index >= 15 is 0 Å². The van der Waals surface area contributed by atoms with Crippen LogP contribution in [0.1, 0.15) is 26.3 Å². The van der Waals surface area contributed by atoms with E-state index in [1.807, 2.05) is 24.3 Å². The van der Waals surface area contributed by atoms with Crippen LogP contribution in [0.25, 0.3) is 39.0 Å². The van der Waals surface area contributed by atoms with Crippen LogP contribution in [0.2, 0.25) is 5.02 Å². The average Bonchev–Trinajstić information content (AvgIpc) is 2.64. The van der Waals surface area contributed by atoms with Crippen LogP contribution >= 0.6 is 11.6 Å². The fourth-order valence-electron chi connectivity index (χ4n) is 4.40. The second-order valence-corrected chi connectivity index (χ2v) is 8.67. The zero-order chi connectivity index (χ0) is 20.3. The molecule has 3 nitrogen and oxygen atoms in total. The van der Waals surface area contributed by atoms with Crippen molar-refractivity contribution in [2.75, 3.05) is 5.32 Å².